The van der Waals surface area contributed by atoms with Crippen LogP contribution in [0.5, 0.6) is 0 Å². The van der Waals surface area contributed by atoms with E-state index >= 15 is 0 Å². The first-order valence-corrected chi connectivity index (χ1v) is 7.52. The van der Waals surface area contributed by atoms with Crippen molar-refractivity contribution in [3.05, 3.63) is 42.2 Å². The minimum atomic E-state index is 0.493. The van der Waals surface area contributed by atoms with Gasteiger partial charge in [-0.15, -0.1) is 0 Å². The van der Waals surface area contributed by atoms with E-state index in [1.54, 1.807) is 0 Å². The molecule has 0 amide bonds. The SMILES string of the molecule is CCN(CC)CC(C)NCc1cccc2cnccc12. The van der Waals surface area contributed by atoms with E-state index < -0.39 is 0 Å². The molecule has 1 heterocycles. The highest BCUT2D eigenvalue weighted by molar-refractivity contribution is 5.84. The third kappa shape index (κ3) is 3.78. The second-order valence-electron chi connectivity index (χ2n) is 5.28. The Morgan fingerprint density at radius 1 is 1.20 bits per heavy atom. The van der Waals surface area contributed by atoms with Crippen LogP contribution in [0.4, 0.5) is 0 Å². The van der Waals surface area contributed by atoms with Gasteiger partial charge >= 0.3 is 0 Å². The average molecular weight is 271 g/mol. The number of nitrogens with one attached hydrogen (secondary N) is 1. The molecular weight excluding hydrogens is 246 g/mol. The van der Waals surface area contributed by atoms with Gasteiger partial charge in [0.25, 0.3) is 0 Å². The summed E-state index contributed by atoms with van der Waals surface area (Å²) in [6.07, 6.45) is 3.79. The summed E-state index contributed by atoms with van der Waals surface area (Å²) in [5.74, 6) is 0. The number of likely N-dealkylation sites (N-methyl/N-ethyl adjacent to an activating group) is 1. The summed E-state index contributed by atoms with van der Waals surface area (Å²) in [5, 5.41) is 6.14. The third-order valence-electron chi connectivity index (χ3n) is 3.84. The Balaban J connectivity index is 1.99. The van der Waals surface area contributed by atoms with Crippen molar-refractivity contribution in [3.63, 3.8) is 0 Å². The van der Waals surface area contributed by atoms with E-state index in [0.717, 1.165) is 26.2 Å². The summed E-state index contributed by atoms with van der Waals surface area (Å²) in [6, 6.07) is 9.01. The van der Waals surface area contributed by atoms with Crippen molar-refractivity contribution in [3.8, 4) is 0 Å². The van der Waals surface area contributed by atoms with Crippen LogP contribution in [0.1, 0.15) is 26.3 Å². The Kier molecular flexibility index (Phi) is 5.50. The summed E-state index contributed by atoms with van der Waals surface area (Å²) in [7, 11) is 0. The zero-order chi connectivity index (χ0) is 14.4. The lowest BCUT2D eigenvalue weighted by Crippen LogP contribution is -2.38. The van der Waals surface area contributed by atoms with Crippen LogP contribution in [0.25, 0.3) is 10.8 Å². The molecule has 0 spiro atoms. The zero-order valence-corrected chi connectivity index (χ0v) is 12.8. The lowest BCUT2D eigenvalue weighted by atomic mass is 10.1. The predicted octanol–water partition coefficient (Wildman–Crippen LogP) is 3.05. The smallest absolute Gasteiger partial charge is 0.0346 e. The van der Waals surface area contributed by atoms with Gasteiger partial charge in [0.15, 0.2) is 0 Å². The van der Waals surface area contributed by atoms with Crippen LogP contribution in [0.15, 0.2) is 36.7 Å². The first kappa shape index (κ1) is 14.9. The highest BCUT2D eigenvalue weighted by Gasteiger charge is 2.07. The van der Waals surface area contributed by atoms with Crippen LogP contribution in [0.2, 0.25) is 0 Å². The molecule has 0 fully saturated rings. The lowest BCUT2D eigenvalue weighted by Gasteiger charge is -2.23. The Morgan fingerprint density at radius 3 is 2.75 bits per heavy atom. The first-order chi connectivity index (χ1) is 9.74. The fourth-order valence-electron chi connectivity index (χ4n) is 2.56. The van der Waals surface area contributed by atoms with Gasteiger partial charge in [0.1, 0.15) is 0 Å². The number of nitrogens with zero attached hydrogens (tertiary/aromatic N) is 2. The molecule has 3 nitrogen and oxygen atoms in total. The van der Waals surface area contributed by atoms with Crippen molar-refractivity contribution in [1.82, 2.24) is 15.2 Å². The molecule has 2 aromatic rings. The second kappa shape index (κ2) is 7.36. The molecule has 0 aliphatic carbocycles. The van der Waals surface area contributed by atoms with E-state index in [1.807, 2.05) is 12.4 Å². The second-order valence-corrected chi connectivity index (χ2v) is 5.28. The van der Waals surface area contributed by atoms with Crippen LogP contribution in [-0.4, -0.2) is 35.6 Å². The summed E-state index contributed by atoms with van der Waals surface area (Å²) < 4.78 is 0. The molecule has 1 N–H and O–H groups in total. The number of aromatic nitrogens is 1. The van der Waals surface area contributed by atoms with Gasteiger partial charge < -0.3 is 10.2 Å². The van der Waals surface area contributed by atoms with E-state index in [4.69, 9.17) is 0 Å². The van der Waals surface area contributed by atoms with Gasteiger partial charge in [-0.2, -0.15) is 0 Å². The molecule has 0 radical (unpaired) electrons. The molecule has 1 aromatic carbocycles. The fraction of sp³-hybridized carbons (Fsp3) is 0.471. The van der Waals surface area contributed by atoms with Gasteiger partial charge in [-0.05, 0) is 37.0 Å². The Morgan fingerprint density at radius 2 is 2.00 bits per heavy atom. The average Bonchev–Trinajstić information content (AvgIpc) is 2.50. The number of fused-ring (bicyclic) bond motifs is 1. The molecule has 3 heteroatoms. The maximum Gasteiger partial charge on any atom is 0.0346 e. The summed E-state index contributed by atoms with van der Waals surface area (Å²) in [6.45, 7) is 10.9. The summed E-state index contributed by atoms with van der Waals surface area (Å²) >= 11 is 0. The molecule has 0 aliphatic rings. The van der Waals surface area contributed by atoms with Crippen molar-refractivity contribution in [2.24, 2.45) is 0 Å². The topological polar surface area (TPSA) is 28.2 Å². The van der Waals surface area contributed by atoms with Crippen molar-refractivity contribution in [2.75, 3.05) is 19.6 Å². The monoisotopic (exact) mass is 271 g/mol. The van der Waals surface area contributed by atoms with E-state index in [-0.39, 0.29) is 0 Å². The normalized spacial score (nSPS) is 13.0. The minimum absolute atomic E-state index is 0.493. The zero-order valence-electron chi connectivity index (χ0n) is 12.8. The first-order valence-electron chi connectivity index (χ1n) is 7.52. The summed E-state index contributed by atoms with van der Waals surface area (Å²) in [4.78, 5) is 6.63. The van der Waals surface area contributed by atoms with Crippen LogP contribution in [-0.2, 0) is 6.54 Å². The number of benzene rings is 1. The van der Waals surface area contributed by atoms with Gasteiger partial charge in [-0.3, -0.25) is 4.98 Å². The molecule has 1 atom stereocenters. The third-order valence-corrected chi connectivity index (χ3v) is 3.84. The molecule has 2 rings (SSSR count). The Hall–Kier alpha value is -1.45. The van der Waals surface area contributed by atoms with Gasteiger partial charge in [0.05, 0.1) is 0 Å². The van der Waals surface area contributed by atoms with Crippen LogP contribution >= 0.6 is 0 Å². The molecular formula is C17H25N3. The van der Waals surface area contributed by atoms with Crippen LogP contribution < -0.4 is 5.32 Å². The standard InChI is InChI=1S/C17H25N3/c1-4-20(5-2)13-14(3)19-12-16-8-6-7-15-11-18-10-9-17(15)16/h6-11,14,19H,4-5,12-13H2,1-3H3. The molecule has 1 aromatic heterocycles. The van der Waals surface area contributed by atoms with E-state index in [9.17, 15) is 0 Å². The minimum Gasteiger partial charge on any atom is -0.309 e. The Labute approximate surface area is 122 Å². The molecule has 0 aliphatic heterocycles. The molecule has 1 unspecified atom stereocenters. The quantitative estimate of drug-likeness (QED) is 0.839. The fourth-order valence-corrected chi connectivity index (χ4v) is 2.56. The van der Waals surface area contributed by atoms with Gasteiger partial charge in [0, 0.05) is 36.9 Å². The van der Waals surface area contributed by atoms with E-state index in [1.165, 1.54) is 16.3 Å². The van der Waals surface area contributed by atoms with E-state index in [2.05, 4.69) is 60.2 Å². The molecule has 0 bridgehead atoms. The maximum atomic E-state index is 4.18. The number of rotatable bonds is 7. The number of pyridine rings is 1. The molecule has 0 saturated carbocycles. The highest BCUT2D eigenvalue weighted by atomic mass is 15.1. The van der Waals surface area contributed by atoms with Gasteiger partial charge in [-0.25, -0.2) is 0 Å². The highest BCUT2D eigenvalue weighted by Crippen LogP contribution is 2.17. The van der Waals surface area contributed by atoms with Crippen molar-refractivity contribution >= 4 is 10.8 Å². The number of hydrogen-bond acceptors (Lipinski definition) is 3. The molecule has 108 valence electrons. The Bertz CT molecular complexity index is 529. The van der Waals surface area contributed by atoms with Crippen LogP contribution in [0.3, 0.4) is 0 Å². The lowest BCUT2D eigenvalue weighted by molar-refractivity contribution is 0.271. The molecule has 20 heavy (non-hydrogen) atoms. The van der Waals surface area contributed by atoms with Gasteiger partial charge in [-0.1, -0.05) is 32.0 Å². The largest absolute Gasteiger partial charge is 0.309 e. The maximum absolute atomic E-state index is 4.18. The van der Waals surface area contributed by atoms with Crippen LogP contribution in [0, 0.1) is 0 Å². The van der Waals surface area contributed by atoms with Crippen molar-refractivity contribution in [2.45, 2.75) is 33.4 Å². The summed E-state index contributed by atoms with van der Waals surface area (Å²) in [5.41, 5.74) is 1.34. The van der Waals surface area contributed by atoms with Gasteiger partial charge in [0.2, 0.25) is 0 Å². The molecule has 0 saturated heterocycles. The van der Waals surface area contributed by atoms with E-state index in [0.29, 0.717) is 6.04 Å². The van der Waals surface area contributed by atoms with Crippen molar-refractivity contribution in [1.29, 1.82) is 0 Å². The predicted molar refractivity (Wildman–Crippen MR) is 85.8 cm³/mol. The number of hydrogen-bond donors (Lipinski definition) is 1. The van der Waals surface area contributed by atoms with Crippen molar-refractivity contribution < 1.29 is 0 Å².